The number of halogens is 3. The fraction of sp³-hybridized carbons (Fsp3) is 0.333. The molecule has 36 heavy (non-hydrogen) atoms. The van der Waals surface area contributed by atoms with E-state index in [9.17, 15) is 23.2 Å². The zero-order valence-corrected chi connectivity index (χ0v) is 19.1. The SMILES string of the molecule is C[C@@]12COCCN1c1cc(OCc3ccc(Oc4ccnc(C(F)(F)F)c4)c(C#N)c3)nc(=O)n1C2. The number of nitriles is 1. The number of rotatable bonds is 5. The molecule has 1 saturated heterocycles. The fourth-order valence-corrected chi connectivity index (χ4v) is 4.34. The first-order valence-electron chi connectivity index (χ1n) is 11.0. The standard InChI is InChI=1S/C24H20F3N5O4/c1-23-13-31-21(32(23)6-7-34-14-23)10-20(30-22(31)33)35-12-15-2-3-18(16(8-15)11-28)36-17-4-5-29-19(9-17)24(25,26)27/h2-5,8-10H,6-7,12-14H2,1H3/t23-/m1/s1. The first-order valence-corrected chi connectivity index (χ1v) is 11.0. The van der Waals surface area contributed by atoms with Crippen LogP contribution in [0.4, 0.5) is 19.0 Å². The van der Waals surface area contributed by atoms with E-state index in [1.165, 1.54) is 18.2 Å². The molecule has 2 aliphatic rings. The van der Waals surface area contributed by atoms with Gasteiger partial charge in [0.2, 0.25) is 5.88 Å². The first kappa shape index (κ1) is 23.6. The number of alkyl halides is 3. The molecule has 186 valence electrons. The Labute approximate surface area is 203 Å². The maximum absolute atomic E-state index is 12.9. The second kappa shape index (κ2) is 8.83. The maximum Gasteiger partial charge on any atom is 0.433 e. The maximum atomic E-state index is 12.9. The Kier molecular flexibility index (Phi) is 5.80. The number of ether oxygens (including phenoxy) is 3. The molecule has 0 aliphatic carbocycles. The van der Waals surface area contributed by atoms with Crippen molar-refractivity contribution in [3.8, 4) is 23.4 Å². The Bertz CT molecular complexity index is 1420. The topological polar surface area (TPSA) is 103 Å². The third kappa shape index (κ3) is 4.45. The Hall–Kier alpha value is -4.11. The van der Waals surface area contributed by atoms with Crippen molar-refractivity contribution in [2.24, 2.45) is 0 Å². The molecule has 3 aromatic rings. The van der Waals surface area contributed by atoms with E-state index in [1.807, 2.05) is 13.0 Å². The van der Waals surface area contributed by atoms with Gasteiger partial charge in [-0.2, -0.15) is 23.4 Å². The van der Waals surface area contributed by atoms with E-state index < -0.39 is 17.6 Å². The van der Waals surface area contributed by atoms with Crippen molar-refractivity contribution in [1.29, 1.82) is 5.26 Å². The lowest BCUT2D eigenvalue weighted by molar-refractivity contribution is -0.141. The fourth-order valence-electron chi connectivity index (χ4n) is 4.34. The smallest absolute Gasteiger partial charge is 0.433 e. The highest BCUT2D eigenvalue weighted by atomic mass is 19.4. The lowest BCUT2D eigenvalue weighted by atomic mass is 10.0. The van der Waals surface area contributed by atoms with Crippen LogP contribution in [0.15, 0.2) is 47.4 Å². The molecule has 0 radical (unpaired) electrons. The van der Waals surface area contributed by atoms with Gasteiger partial charge < -0.3 is 19.1 Å². The minimum absolute atomic E-state index is 0.0126. The summed E-state index contributed by atoms with van der Waals surface area (Å²) in [5, 5.41) is 9.53. The van der Waals surface area contributed by atoms with Gasteiger partial charge in [0, 0.05) is 24.9 Å². The molecule has 0 amide bonds. The van der Waals surface area contributed by atoms with Crippen molar-refractivity contribution in [3.05, 3.63) is 69.9 Å². The van der Waals surface area contributed by atoms with Gasteiger partial charge in [-0.3, -0.25) is 9.55 Å². The summed E-state index contributed by atoms with van der Waals surface area (Å²) in [4.78, 5) is 22.0. The van der Waals surface area contributed by atoms with Crippen LogP contribution >= 0.6 is 0 Å². The highest BCUT2D eigenvalue weighted by Crippen LogP contribution is 2.36. The van der Waals surface area contributed by atoms with E-state index in [0.29, 0.717) is 37.7 Å². The van der Waals surface area contributed by atoms with Gasteiger partial charge in [-0.25, -0.2) is 4.79 Å². The predicted molar refractivity (Wildman–Crippen MR) is 120 cm³/mol. The molecule has 4 heterocycles. The van der Waals surface area contributed by atoms with Gasteiger partial charge >= 0.3 is 11.9 Å². The van der Waals surface area contributed by atoms with E-state index in [2.05, 4.69) is 14.9 Å². The Balaban J connectivity index is 1.32. The zero-order valence-electron chi connectivity index (χ0n) is 19.1. The quantitative estimate of drug-likeness (QED) is 0.526. The highest BCUT2D eigenvalue weighted by Gasteiger charge is 2.43. The average molecular weight is 499 g/mol. The molecular formula is C24H20F3N5O4. The largest absolute Gasteiger partial charge is 0.473 e. The van der Waals surface area contributed by atoms with E-state index in [4.69, 9.17) is 14.2 Å². The highest BCUT2D eigenvalue weighted by molar-refractivity contribution is 5.50. The number of benzene rings is 1. The first-order chi connectivity index (χ1) is 17.2. The second-order valence-corrected chi connectivity index (χ2v) is 8.73. The summed E-state index contributed by atoms with van der Waals surface area (Å²) < 4.78 is 57.2. The van der Waals surface area contributed by atoms with Crippen LogP contribution in [-0.2, 0) is 24.1 Å². The molecule has 0 saturated carbocycles. The van der Waals surface area contributed by atoms with Crippen molar-refractivity contribution in [3.63, 3.8) is 0 Å². The third-order valence-corrected chi connectivity index (χ3v) is 6.07. The molecular weight excluding hydrogens is 479 g/mol. The van der Waals surface area contributed by atoms with Gasteiger partial charge in [-0.05, 0) is 30.7 Å². The lowest BCUT2D eigenvalue weighted by Crippen LogP contribution is -2.53. The normalized spacial score (nSPS) is 18.8. The summed E-state index contributed by atoms with van der Waals surface area (Å²) in [7, 11) is 0. The molecule has 1 fully saturated rings. The lowest BCUT2D eigenvalue weighted by Gasteiger charge is -2.39. The molecule has 0 bridgehead atoms. The van der Waals surface area contributed by atoms with Crippen LogP contribution in [0, 0.1) is 11.3 Å². The molecule has 2 aliphatic heterocycles. The molecule has 5 rings (SSSR count). The van der Waals surface area contributed by atoms with Crippen molar-refractivity contribution in [2.75, 3.05) is 24.7 Å². The summed E-state index contributed by atoms with van der Waals surface area (Å²) in [6.07, 6.45) is -3.63. The van der Waals surface area contributed by atoms with Gasteiger partial charge in [0.15, 0.2) is 0 Å². The Morgan fingerprint density at radius 2 is 2.08 bits per heavy atom. The molecule has 9 nitrogen and oxygen atoms in total. The number of fused-ring (bicyclic) bond motifs is 3. The van der Waals surface area contributed by atoms with E-state index >= 15 is 0 Å². The van der Waals surface area contributed by atoms with Crippen LogP contribution < -0.4 is 20.1 Å². The van der Waals surface area contributed by atoms with Crippen LogP contribution in [0.2, 0.25) is 0 Å². The van der Waals surface area contributed by atoms with Gasteiger partial charge in [0.1, 0.15) is 35.7 Å². The zero-order chi connectivity index (χ0) is 25.5. The number of pyridine rings is 1. The van der Waals surface area contributed by atoms with Gasteiger partial charge in [-0.1, -0.05) is 6.07 Å². The van der Waals surface area contributed by atoms with Crippen LogP contribution in [0.5, 0.6) is 17.4 Å². The van der Waals surface area contributed by atoms with Crippen molar-refractivity contribution < 1.29 is 27.4 Å². The summed E-state index contributed by atoms with van der Waals surface area (Å²) >= 11 is 0. The van der Waals surface area contributed by atoms with Crippen molar-refractivity contribution in [1.82, 2.24) is 14.5 Å². The average Bonchev–Trinajstić information content (AvgIpc) is 3.16. The summed E-state index contributed by atoms with van der Waals surface area (Å²) in [6.45, 7) is 4.23. The molecule has 0 unspecified atom stereocenters. The number of morpholine rings is 1. The van der Waals surface area contributed by atoms with Crippen LogP contribution in [0.25, 0.3) is 0 Å². The predicted octanol–water partition coefficient (Wildman–Crippen LogP) is 3.51. The molecule has 0 spiro atoms. The van der Waals surface area contributed by atoms with Crippen LogP contribution in [-0.4, -0.2) is 39.8 Å². The Morgan fingerprint density at radius 3 is 2.86 bits per heavy atom. The number of hydrogen-bond acceptors (Lipinski definition) is 8. The van der Waals surface area contributed by atoms with Crippen molar-refractivity contribution in [2.45, 2.75) is 31.8 Å². The Morgan fingerprint density at radius 1 is 1.25 bits per heavy atom. The number of hydrogen-bond donors (Lipinski definition) is 0. The van der Waals surface area contributed by atoms with Crippen LogP contribution in [0.1, 0.15) is 23.7 Å². The number of nitrogens with zero attached hydrogens (tertiary/aromatic N) is 5. The monoisotopic (exact) mass is 499 g/mol. The summed E-state index contributed by atoms with van der Waals surface area (Å²) in [6, 6.07) is 10.3. The van der Waals surface area contributed by atoms with E-state index in [-0.39, 0.29) is 35.1 Å². The molecule has 0 N–H and O–H groups in total. The second-order valence-electron chi connectivity index (χ2n) is 8.73. The number of aromatic nitrogens is 3. The van der Waals surface area contributed by atoms with E-state index in [0.717, 1.165) is 12.3 Å². The van der Waals surface area contributed by atoms with Gasteiger partial charge in [0.25, 0.3) is 0 Å². The summed E-state index contributed by atoms with van der Waals surface area (Å²) in [5.74, 6) is 0.849. The van der Waals surface area contributed by atoms with Gasteiger partial charge in [-0.15, -0.1) is 0 Å². The minimum Gasteiger partial charge on any atom is -0.473 e. The summed E-state index contributed by atoms with van der Waals surface area (Å²) in [5.41, 5.74) is -1.15. The van der Waals surface area contributed by atoms with Crippen molar-refractivity contribution >= 4 is 5.82 Å². The van der Waals surface area contributed by atoms with Crippen LogP contribution in [0.3, 0.4) is 0 Å². The molecule has 1 aromatic carbocycles. The molecule has 12 heteroatoms. The third-order valence-electron chi connectivity index (χ3n) is 6.07. The minimum atomic E-state index is -4.62. The molecule has 1 atom stereocenters. The van der Waals surface area contributed by atoms with Gasteiger partial charge in [0.05, 0.1) is 30.9 Å². The van der Waals surface area contributed by atoms with E-state index in [1.54, 1.807) is 16.7 Å². The number of anilines is 1. The molecule has 2 aromatic heterocycles.